The Balaban J connectivity index is 1.12. The fraction of sp³-hybridized carbons (Fsp3) is 0.583. The Morgan fingerprint density at radius 3 is 1.07 bits per heavy atom. The molecule has 2 saturated carbocycles. The Kier molecular flexibility index (Phi) is 30.4. The first-order chi connectivity index (χ1) is 41.2. The predicted octanol–water partition coefficient (Wildman–Crippen LogP) is 4.17. The van der Waals surface area contributed by atoms with E-state index in [4.69, 9.17) is 68.6 Å². The average Bonchev–Trinajstić information content (AvgIpc) is 2.27. The summed E-state index contributed by atoms with van der Waals surface area (Å²) in [5.41, 5.74) is 39.4. The zero-order chi connectivity index (χ0) is 61.2. The standard InChI is InChI=1S/C60H95N15O10/c1-80-50-38-51(81-2)49(57(79)75-43-21-17-41(18-22-43)73-55(77)47-26-24-45(83-32-12-4-8-28-69-58(62)63)36-53(47)85-34-14-6-10-30-71-60(66)67)37-48(50)56(78)74-42-19-15-40(16-20-42)72-54(76)46-25-23-44(82-31-11-3-7-27-68-39-61)35-52(46)84-33-13-5-9-29-70-59(64)65/h23-26,35-38,40-43,68H,3-22,27-34,39,61H2,1-2H3,(H,72,76)(H,73,77)(H,74,78)(H,75,79)(H4,62,63,69)(H4,64,65,70)(H4,66,67,71). The van der Waals surface area contributed by atoms with Gasteiger partial charge in [-0.3, -0.25) is 34.2 Å². The third kappa shape index (κ3) is 25.1. The van der Waals surface area contributed by atoms with Crippen LogP contribution in [0.3, 0.4) is 0 Å². The van der Waals surface area contributed by atoms with E-state index in [0.29, 0.717) is 138 Å². The molecule has 25 heteroatoms. The number of nitrogens with zero attached hydrogens (tertiary/aromatic N) is 3. The number of nitrogens with two attached hydrogens (primary N) is 7. The van der Waals surface area contributed by atoms with Gasteiger partial charge in [-0.05, 0) is 165 Å². The first-order valence-electron chi connectivity index (χ1n) is 30.0. The number of rotatable bonds is 39. The van der Waals surface area contributed by atoms with Crippen molar-refractivity contribution in [3.63, 3.8) is 0 Å². The van der Waals surface area contributed by atoms with Crippen molar-refractivity contribution in [2.45, 2.75) is 153 Å². The quantitative estimate of drug-likeness (QED) is 0.0165. The molecule has 2 aliphatic carbocycles. The molecule has 4 amide bonds. The van der Waals surface area contributed by atoms with Gasteiger partial charge in [-0.15, -0.1) is 0 Å². The summed E-state index contributed by atoms with van der Waals surface area (Å²) < 4.78 is 35.7. The van der Waals surface area contributed by atoms with Gasteiger partial charge in [0, 0.05) is 68.7 Å². The Bertz CT molecular complexity index is 2630. The molecule has 0 heterocycles. The third-order valence-electron chi connectivity index (χ3n) is 14.7. The molecule has 85 heavy (non-hydrogen) atoms. The summed E-state index contributed by atoms with van der Waals surface area (Å²) in [6.07, 6.45) is 15.0. The lowest BCUT2D eigenvalue weighted by Gasteiger charge is -2.30. The Morgan fingerprint density at radius 1 is 0.412 bits per heavy atom. The Morgan fingerprint density at radius 2 is 0.741 bits per heavy atom. The van der Waals surface area contributed by atoms with Gasteiger partial charge in [0.25, 0.3) is 23.6 Å². The van der Waals surface area contributed by atoms with Crippen molar-refractivity contribution in [1.82, 2.24) is 26.6 Å². The van der Waals surface area contributed by atoms with Crippen LogP contribution in [-0.4, -0.2) is 139 Å². The number of carbonyl (C=O) groups is 4. The van der Waals surface area contributed by atoms with Gasteiger partial charge in [-0.25, -0.2) is 0 Å². The predicted molar refractivity (Wildman–Crippen MR) is 331 cm³/mol. The van der Waals surface area contributed by atoms with Crippen molar-refractivity contribution >= 4 is 41.5 Å². The molecule has 0 spiro atoms. The molecule has 0 aliphatic heterocycles. The Hall–Kier alpha value is -7.93. The normalized spacial score (nSPS) is 16.4. The first-order valence-corrected chi connectivity index (χ1v) is 30.0. The molecule has 3 aromatic rings. The van der Waals surface area contributed by atoms with Gasteiger partial charge >= 0.3 is 0 Å². The number of unbranched alkanes of at least 4 members (excludes halogenated alkanes) is 8. The number of ether oxygens (including phenoxy) is 6. The van der Waals surface area contributed by atoms with Crippen LogP contribution in [0.25, 0.3) is 0 Å². The number of guanidine groups is 3. The number of aliphatic imine (C=N–C) groups is 3. The van der Waals surface area contributed by atoms with Crippen LogP contribution >= 0.6 is 0 Å². The minimum atomic E-state index is -0.401. The van der Waals surface area contributed by atoms with Gasteiger partial charge in [0.15, 0.2) is 17.9 Å². The fourth-order valence-corrected chi connectivity index (χ4v) is 10.0. The highest BCUT2D eigenvalue weighted by Gasteiger charge is 2.30. The van der Waals surface area contributed by atoms with Crippen molar-refractivity contribution in [2.75, 3.05) is 73.5 Å². The van der Waals surface area contributed by atoms with Crippen molar-refractivity contribution in [2.24, 2.45) is 55.1 Å². The largest absolute Gasteiger partial charge is 0.496 e. The molecule has 0 bridgehead atoms. The summed E-state index contributed by atoms with van der Waals surface area (Å²) in [7, 11) is 2.91. The summed E-state index contributed by atoms with van der Waals surface area (Å²) in [6.45, 7) is 4.71. The van der Waals surface area contributed by atoms with Gasteiger partial charge in [-0.1, -0.05) is 0 Å². The van der Waals surface area contributed by atoms with Gasteiger partial charge in [-0.2, -0.15) is 0 Å². The zero-order valence-corrected chi connectivity index (χ0v) is 49.9. The molecule has 2 fully saturated rings. The van der Waals surface area contributed by atoms with Gasteiger partial charge in [0.05, 0.1) is 62.9 Å². The molecule has 3 aromatic carbocycles. The van der Waals surface area contributed by atoms with E-state index < -0.39 is 11.8 Å². The minimum Gasteiger partial charge on any atom is -0.496 e. The van der Waals surface area contributed by atoms with Crippen LogP contribution in [-0.2, 0) is 0 Å². The van der Waals surface area contributed by atoms with E-state index in [1.807, 2.05) is 0 Å². The summed E-state index contributed by atoms with van der Waals surface area (Å²) in [5, 5.41) is 15.8. The lowest BCUT2D eigenvalue weighted by molar-refractivity contribution is 0.0883. The number of nitrogens with one attached hydrogen (secondary N) is 5. The molecule has 5 rings (SSSR count). The number of methoxy groups -OCH3 is 2. The third-order valence-corrected chi connectivity index (χ3v) is 14.7. The maximum Gasteiger partial charge on any atom is 0.255 e. The summed E-state index contributed by atoms with van der Waals surface area (Å²) in [6, 6.07) is 12.9. The highest BCUT2D eigenvalue weighted by molar-refractivity contribution is 6.03. The molecular formula is C60H95N15O10. The molecule has 19 N–H and O–H groups in total. The lowest BCUT2D eigenvalue weighted by Crippen LogP contribution is -2.44. The molecular weight excluding hydrogens is 1090 g/mol. The highest BCUT2D eigenvalue weighted by Crippen LogP contribution is 2.32. The average molecular weight is 1190 g/mol. The van der Waals surface area contributed by atoms with E-state index >= 15 is 0 Å². The SMILES string of the molecule is COc1cc(OC)c(C(=O)NC2CCC(NC(=O)c3ccc(OCCCCCNCN)cc3OCCCCCN=C(N)N)CC2)cc1C(=O)NC1CCC(NC(=O)c2ccc(OCCCCCN=C(N)N)cc2OCCCCCN=C(N)N)CC1. The molecule has 25 nitrogen and oxygen atoms in total. The van der Waals surface area contributed by atoms with Gasteiger partial charge < -0.3 is 95.1 Å². The summed E-state index contributed by atoms with van der Waals surface area (Å²) in [4.78, 5) is 67.8. The molecule has 0 radical (unpaired) electrons. The molecule has 0 unspecified atom stereocenters. The van der Waals surface area contributed by atoms with Crippen molar-refractivity contribution in [3.8, 4) is 34.5 Å². The van der Waals surface area contributed by atoms with Crippen LogP contribution in [0, 0.1) is 0 Å². The molecule has 0 saturated heterocycles. The molecule has 0 atom stereocenters. The van der Waals surface area contributed by atoms with Crippen molar-refractivity contribution in [1.29, 1.82) is 0 Å². The monoisotopic (exact) mass is 1190 g/mol. The topological polar surface area (TPSA) is 403 Å². The van der Waals surface area contributed by atoms with E-state index in [2.05, 4.69) is 41.6 Å². The number of hydrogen-bond acceptors (Lipinski definition) is 15. The van der Waals surface area contributed by atoms with Gasteiger partial charge in [0.2, 0.25) is 0 Å². The molecule has 0 aromatic heterocycles. The maximum absolute atomic E-state index is 14.0. The van der Waals surface area contributed by atoms with E-state index in [1.54, 1.807) is 42.5 Å². The smallest absolute Gasteiger partial charge is 0.255 e. The number of hydrogen-bond donors (Lipinski definition) is 12. The lowest BCUT2D eigenvalue weighted by atomic mass is 9.90. The van der Waals surface area contributed by atoms with Crippen LogP contribution in [0.2, 0.25) is 0 Å². The van der Waals surface area contributed by atoms with Gasteiger partial charge in [0.1, 0.15) is 34.5 Å². The zero-order valence-electron chi connectivity index (χ0n) is 49.9. The van der Waals surface area contributed by atoms with Crippen LogP contribution in [0.5, 0.6) is 34.5 Å². The van der Waals surface area contributed by atoms with Crippen LogP contribution < -0.4 is 95.1 Å². The molecule has 470 valence electrons. The van der Waals surface area contributed by atoms with E-state index in [1.165, 1.54) is 20.3 Å². The van der Waals surface area contributed by atoms with E-state index in [0.717, 1.165) is 83.6 Å². The summed E-state index contributed by atoms with van der Waals surface area (Å²) in [5.74, 6) is 1.44. The minimum absolute atomic E-state index is 0.0588. The summed E-state index contributed by atoms with van der Waals surface area (Å²) >= 11 is 0. The number of benzene rings is 3. The number of amides is 4. The second-order valence-electron chi connectivity index (χ2n) is 21.3. The van der Waals surface area contributed by atoms with Crippen molar-refractivity contribution < 1.29 is 47.6 Å². The maximum atomic E-state index is 14.0. The second-order valence-corrected chi connectivity index (χ2v) is 21.3. The van der Waals surface area contributed by atoms with E-state index in [9.17, 15) is 19.2 Å². The number of carbonyl (C=O) groups excluding carboxylic acids is 4. The highest BCUT2D eigenvalue weighted by atomic mass is 16.5. The second kappa shape index (κ2) is 38.1. The van der Waals surface area contributed by atoms with Crippen LogP contribution in [0.4, 0.5) is 0 Å². The van der Waals surface area contributed by atoms with Crippen LogP contribution in [0.1, 0.15) is 170 Å². The van der Waals surface area contributed by atoms with Crippen LogP contribution in [0.15, 0.2) is 63.5 Å². The Labute approximate surface area is 500 Å². The van der Waals surface area contributed by atoms with E-state index in [-0.39, 0.29) is 76.5 Å². The molecule has 2 aliphatic rings. The fourth-order valence-electron chi connectivity index (χ4n) is 10.0. The first kappa shape index (κ1) is 67.9. The van der Waals surface area contributed by atoms with Crippen molar-refractivity contribution in [3.05, 3.63) is 70.8 Å².